The van der Waals surface area contributed by atoms with Crippen molar-refractivity contribution >= 4 is 40.4 Å². The first-order chi connectivity index (χ1) is 15.2. The van der Waals surface area contributed by atoms with Crippen LogP contribution < -0.4 is 10.2 Å². The van der Waals surface area contributed by atoms with E-state index >= 15 is 0 Å². The van der Waals surface area contributed by atoms with Gasteiger partial charge in [0.1, 0.15) is 11.5 Å². The topological polar surface area (TPSA) is 49.4 Å². The second-order valence-corrected chi connectivity index (χ2v) is 8.52. The quantitative estimate of drug-likeness (QED) is 0.490. The van der Waals surface area contributed by atoms with Gasteiger partial charge in [0.25, 0.3) is 11.8 Å². The molecule has 1 aliphatic heterocycles. The van der Waals surface area contributed by atoms with Gasteiger partial charge in [-0.2, -0.15) is 0 Å². The molecule has 1 aliphatic rings. The van der Waals surface area contributed by atoms with Crippen LogP contribution in [-0.4, -0.2) is 11.8 Å². The highest BCUT2D eigenvalue weighted by Gasteiger charge is 2.41. The second kappa shape index (κ2) is 8.24. The summed E-state index contributed by atoms with van der Waals surface area (Å²) >= 11 is 5.93. The van der Waals surface area contributed by atoms with Gasteiger partial charge in [0, 0.05) is 5.69 Å². The molecule has 2 amide bonds. The monoisotopic (exact) mass is 448 g/mol. The normalized spacial score (nSPS) is 13.9. The van der Waals surface area contributed by atoms with Gasteiger partial charge in [-0.25, -0.2) is 9.29 Å². The first kappa shape index (κ1) is 21.8. The lowest BCUT2D eigenvalue weighted by Gasteiger charge is -2.16. The summed E-state index contributed by atoms with van der Waals surface area (Å²) in [4.78, 5) is 28.1. The number of rotatable bonds is 4. The molecule has 6 heteroatoms. The number of amides is 2. The first-order valence-corrected chi connectivity index (χ1v) is 10.5. The van der Waals surface area contributed by atoms with Crippen molar-refractivity contribution in [3.63, 3.8) is 0 Å². The number of carbonyl (C=O) groups is 2. The molecule has 0 unspecified atom stereocenters. The van der Waals surface area contributed by atoms with E-state index in [1.54, 1.807) is 0 Å². The number of halogens is 2. The van der Waals surface area contributed by atoms with Gasteiger partial charge >= 0.3 is 0 Å². The summed E-state index contributed by atoms with van der Waals surface area (Å²) in [6.07, 6.45) is 0. The Morgan fingerprint density at radius 1 is 0.812 bits per heavy atom. The zero-order chi connectivity index (χ0) is 23.2. The highest BCUT2D eigenvalue weighted by Crippen LogP contribution is 2.36. The van der Waals surface area contributed by atoms with Crippen molar-refractivity contribution in [2.45, 2.75) is 27.7 Å². The fourth-order valence-electron chi connectivity index (χ4n) is 4.04. The van der Waals surface area contributed by atoms with E-state index in [2.05, 4.69) is 5.32 Å². The van der Waals surface area contributed by atoms with Crippen LogP contribution in [0.1, 0.15) is 27.8 Å². The van der Waals surface area contributed by atoms with E-state index in [-0.39, 0.29) is 22.0 Å². The minimum absolute atomic E-state index is 0.160. The third-order valence-electron chi connectivity index (χ3n) is 5.39. The maximum Gasteiger partial charge on any atom is 0.282 e. The van der Waals surface area contributed by atoms with Crippen LogP contribution in [0.3, 0.4) is 0 Å². The van der Waals surface area contributed by atoms with Gasteiger partial charge in [-0.3, -0.25) is 9.59 Å². The van der Waals surface area contributed by atoms with Crippen molar-refractivity contribution in [1.82, 2.24) is 0 Å². The van der Waals surface area contributed by atoms with Crippen molar-refractivity contribution in [2.24, 2.45) is 0 Å². The Kier molecular flexibility index (Phi) is 5.61. The average Bonchev–Trinajstić information content (AvgIpc) is 2.93. The van der Waals surface area contributed by atoms with Crippen LogP contribution in [0.25, 0.3) is 5.57 Å². The molecule has 0 aliphatic carbocycles. The highest BCUT2D eigenvalue weighted by molar-refractivity contribution is 6.46. The Hall–Kier alpha value is -3.44. The molecule has 3 aromatic rings. The number of carbonyl (C=O) groups excluding carboxylic acids is 2. The van der Waals surface area contributed by atoms with E-state index in [9.17, 15) is 14.0 Å². The van der Waals surface area contributed by atoms with Crippen LogP contribution in [0.4, 0.5) is 15.8 Å². The first-order valence-electron chi connectivity index (χ1n) is 10.2. The van der Waals surface area contributed by atoms with Crippen molar-refractivity contribution < 1.29 is 14.0 Å². The SMILES string of the molecule is Cc1cc(C)cc(NC2=C(c3ccc(C)cc3C)C(=O)N(c3ccc(F)c(Cl)c3)C2=O)c1. The molecule has 0 saturated carbocycles. The summed E-state index contributed by atoms with van der Waals surface area (Å²) < 4.78 is 13.7. The lowest BCUT2D eigenvalue weighted by molar-refractivity contribution is -0.120. The number of hydrogen-bond acceptors (Lipinski definition) is 3. The molecule has 0 fully saturated rings. The van der Waals surface area contributed by atoms with Crippen LogP contribution >= 0.6 is 11.6 Å². The van der Waals surface area contributed by atoms with Crippen molar-refractivity contribution in [3.05, 3.63) is 99.0 Å². The summed E-state index contributed by atoms with van der Waals surface area (Å²) in [5, 5.41) is 3.02. The van der Waals surface area contributed by atoms with Crippen molar-refractivity contribution in [2.75, 3.05) is 10.2 Å². The van der Waals surface area contributed by atoms with Crippen LogP contribution in [0.2, 0.25) is 5.02 Å². The van der Waals surface area contributed by atoms with Crippen LogP contribution in [0.5, 0.6) is 0 Å². The molecule has 0 aromatic heterocycles. The fraction of sp³-hybridized carbons (Fsp3) is 0.154. The van der Waals surface area contributed by atoms with Crippen molar-refractivity contribution in [3.8, 4) is 0 Å². The molecule has 4 rings (SSSR count). The molecule has 4 nitrogen and oxygen atoms in total. The lowest BCUT2D eigenvalue weighted by Crippen LogP contribution is -2.32. The maximum atomic E-state index is 13.7. The van der Waals surface area contributed by atoms with Gasteiger partial charge in [-0.05, 0) is 80.3 Å². The zero-order valence-electron chi connectivity index (χ0n) is 18.2. The summed E-state index contributed by atoms with van der Waals surface area (Å²) in [6, 6.07) is 15.4. The van der Waals surface area contributed by atoms with Crippen LogP contribution in [0.15, 0.2) is 60.3 Å². The standard InChI is InChI=1S/C26H22ClFN2O2/c1-14-5-7-20(17(4)10-14)23-24(29-18-11-15(2)9-16(3)12-18)26(32)30(25(23)31)19-6-8-22(28)21(27)13-19/h5-13,29H,1-4H3. The number of hydrogen-bond donors (Lipinski definition) is 1. The summed E-state index contributed by atoms with van der Waals surface area (Å²) in [7, 11) is 0. The van der Waals surface area contributed by atoms with Crippen molar-refractivity contribution in [1.29, 1.82) is 0 Å². The molecule has 1 N–H and O–H groups in total. The van der Waals surface area contributed by atoms with Gasteiger partial charge in [-0.15, -0.1) is 0 Å². The number of aryl methyl sites for hydroxylation is 4. The molecule has 0 bridgehead atoms. The van der Waals surface area contributed by atoms with Gasteiger partial charge < -0.3 is 5.32 Å². The number of anilines is 2. The number of nitrogens with one attached hydrogen (secondary N) is 1. The molecular formula is C26H22ClFN2O2. The molecule has 32 heavy (non-hydrogen) atoms. The molecule has 0 saturated heterocycles. The third kappa shape index (κ3) is 3.92. The van der Waals surface area contributed by atoms with E-state index in [0.29, 0.717) is 11.3 Å². The number of imide groups is 1. The van der Waals surface area contributed by atoms with Crippen LogP contribution in [-0.2, 0) is 9.59 Å². The molecule has 162 valence electrons. The van der Waals surface area contributed by atoms with Gasteiger partial charge in [0.15, 0.2) is 0 Å². The minimum Gasteiger partial charge on any atom is -0.350 e. The average molecular weight is 449 g/mol. The maximum absolute atomic E-state index is 13.7. The lowest BCUT2D eigenvalue weighted by atomic mass is 9.97. The predicted octanol–water partition coefficient (Wildman–Crippen LogP) is 6.11. The summed E-state index contributed by atoms with van der Waals surface area (Å²) in [5.74, 6) is -1.63. The largest absolute Gasteiger partial charge is 0.350 e. The molecule has 0 atom stereocenters. The number of benzene rings is 3. The molecule has 3 aromatic carbocycles. The second-order valence-electron chi connectivity index (χ2n) is 8.11. The number of nitrogens with zero attached hydrogens (tertiary/aromatic N) is 1. The minimum atomic E-state index is -0.620. The van der Waals surface area contributed by atoms with E-state index < -0.39 is 17.6 Å². The van der Waals surface area contributed by atoms with Crippen LogP contribution in [0, 0.1) is 33.5 Å². The van der Waals surface area contributed by atoms with E-state index in [0.717, 1.165) is 33.2 Å². The third-order valence-corrected chi connectivity index (χ3v) is 5.68. The zero-order valence-corrected chi connectivity index (χ0v) is 19.0. The predicted molar refractivity (Wildman–Crippen MR) is 126 cm³/mol. The van der Waals surface area contributed by atoms with Gasteiger partial charge in [0.05, 0.1) is 16.3 Å². The van der Waals surface area contributed by atoms with Gasteiger partial charge in [0.2, 0.25) is 0 Å². The fourth-order valence-corrected chi connectivity index (χ4v) is 4.21. The Labute approximate surface area is 191 Å². The van der Waals surface area contributed by atoms with Gasteiger partial charge in [-0.1, -0.05) is 41.4 Å². The Balaban J connectivity index is 1.88. The van der Waals surface area contributed by atoms with E-state index in [1.165, 1.54) is 12.1 Å². The Bertz CT molecular complexity index is 1290. The highest BCUT2D eigenvalue weighted by atomic mass is 35.5. The summed E-state index contributed by atoms with van der Waals surface area (Å²) in [6.45, 7) is 7.80. The Morgan fingerprint density at radius 3 is 2.12 bits per heavy atom. The Morgan fingerprint density at radius 2 is 1.50 bits per heavy atom. The van der Waals surface area contributed by atoms with E-state index in [4.69, 9.17) is 11.6 Å². The molecule has 1 heterocycles. The smallest absolute Gasteiger partial charge is 0.282 e. The molecular weight excluding hydrogens is 427 g/mol. The van der Waals surface area contributed by atoms with E-state index in [1.807, 2.05) is 64.1 Å². The summed E-state index contributed by atoms with van der Waals surface area (Å²) in [5.41, 5.74) is 6.01. The molecule has 0 radical (unpaired) electrons. The molecule has 0 spiro atoms.